The van der Waals surface area contributed by atoms with Crippen LogP contribution in [0.2, 0.25) is 15.1 Å². The van der Waals surface area contributed by atoms with Crippen LogP contribution in [0.5, 0.6) is 0 Å². The molecule has 0 aliphatic heterocycles. The van der Waals surface area contributed by atoms with Gasteiger partial charge in [0.2, 0.25) is 0 Å². The molecule has 0 unspecified atom stereocenters. The Morgan fingerprint density at radius 1 is 0.774 bits per heavy atom. The first-order valence-electron chi connectivity index (χ1n) is 8.75. The lowest BCUT2D eigenvalue weighted by atomic mass is 10.2. The predicted molar refractivity (Wildman–Crippen MR) is 125 cm³/mol. The minimum atomic E-state index is -3.95. The lowest BCUT2D eigenvalue weighted by molar-refractivity contribution is 0.0942. The number of rotatable bonds is 7. The van der Waals surface area contributed by atoms with Crippen LogP contribution in [0, 0.1) is 0 Å². The van der Waals surface area contributed by atoms with Crippen molar-refractivity contribution in [1.29, 1.82) is 0 Å². The molecular formula is C21H16Cl3N3O3S. The highest BCUT2D eigenvalue weighted by atomic mass is 35.5. The standard InChI is InChI=1S/C21H16Cl3N3O3S/c1-13(14-9-10-17(22)19(24)12-14)25-26-21(28)15-5-4-6-16(11-15)31(29,30)27-20-8-3-2-7-18(20)23/h2-12,25,27H,1H2,(H,26,28). The molecule has 0 fully saturated rings. The average Bonchev–Trinajstić information content (AvgIpc) is 2.75. The number of sulfonamides is 1. The summed E-state index contributed by atoms with van der Waals surface area (Å²) >= 11 is 17.9. The van der Waals surface area contributed by atoms with Crippen LogP contribution < -0.4 is 15.6 Å². The third-order valence-corrected chi connectivity index (χ3v) is 6.55. The van der Waals surface area contributed by atoms with E-state index in [1.54, 1.807) is 36.4 Å². The van der Waals surface area contributed by atoms with Crippen LogP contribution in [-0.2, 0) is 10.0 Å². The first kappa shape index (κ1) is 23.0. The van der Waals surface area contributed by atoms with Gasteiger partial charge < -0.3 is 0 Å². The Hall–Kier alpha value is -2.71. The van der Waals surface area contributed by atoms with E-state index in [1.807, 2.05) is 0 Å². The SMILES string of the molecule is C=C(NNC(=O)c1cccc(S(=O)(=O)Nc2ccccc2Cl)c1)c1ccc(Cl)c(Cl)c1. The van der Waals surface area contributed by atoms with Crippen molar-refractivity contribution in [3.63, 3.8) is 0 Å². The molecule has 160 valence electrons. The molecule has 0 saturated heterocycles. The van der Waals surface area contributed by atoms with Gasteiger partial charge >= 0.3 is 0 Å². The zero-order valence-electron chi connectivity index (χ0n) is 15.8. The fourth-order valence-electron chi connectivity index (χ4n) is 2.51. The molecule has 3 aromatic rings. The van der Waals surface area contributed by atoms with E-state index < -0.39 is 15.9 Å². The van der Waals surface area contributed by atoms with Crippen LogP contribution in [0.3, 0.4) is 0 Å². The maximum absolute atomic E-state index is 12.7. The molecule has 0 bridgehead atoms. The molecule has 0 aromatic heterocycles. The van der Waals surface area contributed by atoms with Gasteiger partial charge in [0, 0.05) is 11.1 Å². The van der Waals surface area contributed by atoms with Gasteiger partial charge in [-0.2, -0.15) is 0 Å². The van der Waals surface area contributed by atoms with Gasteiger partial charge in [0.15, 0.2) is 0 Å². The third kappa shape index (κ3) is 5.71. The summed E-state index contributed by atoms with van der Waals surface area (Å²) in [4.78, 5) is 12.4. The zero-order valence-corrected chi connectivity index (χ0v) is 18.9. The van der Waals surface area contributed by atoms with E-state index in [-0.39, 0.29) is 21.2 Å². The van der Waals surface area contributed by atoms with Crippen LogP contribution in [0.25, 0.3) is 5.70 Å². The van der Waals surface area contributed by atoms with Crippen LogP contribution in [-0.4, -0.2) is 14.3 Å². The lowest BCUT2D eigenvalue weighted by Crippen LogP contribution is -2.35. The molecule has 6 nitrogen and oxygen atoms in total. The average molecular weight is 497 g/mol. The maximum atomic E-state index is 12.7. The smallest absolute Gasteiger partial charge is 0.269 e. The molecule has 0 aliphatic carbocycles. The van der Waals surface area contributed by atoms with Crippen molar-refractivity contribution in [2.45, 2.75) is 4.90 Å². The Balaban J connectivity index is 1.71. The fourth-order valence-corrected chi connectivity index (χ4v) is 4.17. The summed E-state index contributed by atoms with van der Waals surface area (Å²) in [5, 5.41) is 0.994. The Labute approximate surface area is 194 Å². The largest absolute Gasteiger partial charge is 0.298 e. The van der Waals surface area contributed by atoms with E-state index in [0.29, 0.717) is 21.3 Å². The zero-order chi connectivity index (χ0) is 22.6. The highest BCUT2D eigenvalue weighted by Crippen LogP contribution is 2.25. The van der Waals surface area contributed by atoms with Crippen LogP contribution >= 0.6 is 34.8 Å². The highest BCUT2D eigenvalue weighted by molar-refractivity contribution is 7.92. The van der Waals surface area contributed by atoms with E-state index >= 15 is 0 Å². The van der Waals surface area contributed by atoms with Crippen LogP contribution in [0.1, 0.15) is 15.9 Å². The molecule has 0 atom stereocenters. The number of amides is 1. The highest BCUT2D eigenvalue weighted by Gasteiger charge is 2.18. The van der Waals surface area contributed by atoms with Gasteiger partial charge in [0.1, 0.15) is 0 Å². The Morgan fingerprint density at radius 3 is 2.23 bits per heavy atom. The number of nitrogens with one attached hydrogen (secondary N) is 3. The molecule has 0 heterocycles. The minimum absolute atomic E-state index is 0.0941. The maximum Gasteiger partial charge on any atom is 0.269 e. The topological polar surface area (TPSA) is 87.3 Å². The Morgan fingerprint density at radius 2 is 1.52 bits per heavy atom. The van der Waals surface area contributed by atoms with Crippen molar-refractivity contribution in [2.75, 3.05) is 4.72 Å². The number of para-hydroxylation sites is 1. The normalized spacial score (nSPS) is 10.9. The molecular weight excluding hydrogens is 481 g/mol. The number of hydrogen-bond acceptors (Lipinski definition) is 4. The molecule has 1 amide bonds. The fraction of sp³-hybridized carbons (Fsp3) is 0. The summed E-state index contributed by atoms with van der Waals surface area (Å²) in [6.07, 6.45) is 0. The van der Waals surface area contributed by atoms with Gasteiger partial charge in [0.25, 0.3) is 15.9 Å². The summed E-state index contributed by atoms with van der Waals surface area (Å²) in [5.41, 5.74) is 6.49. The Kier molecular flexibility index (Phi) is 7.12. The molecule has 0 saturated carbocycles. The van der Waals surface area contributed by atoms with Crippen molar-refractivity contribution in [2.24, 2.45) is 0 Å². The molecule has 3 N–H and O–H groups in total. The quantitative estimate of drug-likeness (QED) is 0.385. The minimum Gasteiger partial charge on any atom is -0.298 e. The molecule has 31 heavy (non-hydrogen) atoms. The van der Waals surface area contributed by atoms with Crippen molar-refractivity contribution in [3.05, 3.63) is 99.5 Å². The van der Waals surface area contributed by atoms with Crippen LogP contribution in [0.4, 0.5) is 5.69 Å². The van der Waals surface area contributed by atoms with E-state index in [2.05, 4.69) is 22.2 Å². The predicted octanol–water partition coefficient (Wildman–Crippen LogP) is 5.35. The first-order chi connectivity index (χ1) is 14.7. The van der Waals surface area contributed by atoms with Gasteiger partial charge in [-0.1, -0.05) is 65.6 Å². The molecule has 3 aromatic carbocycles. The summed E-state index contributed by atoms with van der Waals surface area (Å²) in [7, 11) is -3.95. The number of halogens is 3. The second kappa shape index (κ2) is 9.62. The number of benzene rings is 3. The summed E-state index contributed by atoms with van der Waals surface area (Å²) in [6.45, 7) is 3.83. The van der Waals surface area contributed by atoms with Crippen molar-refractivity contribution in [1.82, 2.24) is 10.9 Å². The number of hydrogen-bond donors (Lipinski definition) is 3. The van der Waals surface area contributed by atoms with E-state index in [4.69, 9.17) is 34.8 Å². The van der Waals surface area contributed by atoms with E-state index in [0.717, 1.165) is 0 Å². The second-order valence-corrected chi connectivity index (χ2v) is 9.20. The van der Waals surface area contributed by atoms with Crippen molar-refractivity contribution < 1.29 is 13.2 Å². The van der Waals surface area contributed by atoms with E-state index in [1.165, 1.54) is 30.3 Å². The molecule has 0 spiro atoms. The summed E-state index contributed by atoms with van der Waals surface area (Å²) in [5.74, 6) is -0.559. The van der Waals surface area contributed by atoms with Crippen molar-refractivity contribution in [3.8, 4) is 0 Å². The van der Waals surface area contributed by atoms with Gasteiger partial charge in [-0.25, -0.2) is 8.42 Å². The third-order valence-electron chi connectivity index (χ3n) is 4.12. The lowest BCUT2D eigenvalue weighted by Gasteiger charge is -2.13. The Bertz CT molecular complexity index is 1260. The molecule has 0 aliphatic rings. The number of carbonyl (C=O) groups is 1. The second-order valence-electron chi connectivity index (χ2n) is 6.30. The molecule has 10 heteroatoms. The van der Waals surface area contributed by atoms with E-state index in [9.17, 15) is 13.2 Å². The van der Waals surface area contributed by atoms with Crippen molar-refractivity contribution >= 4 is 62.1 Å². The van der Waals surface area contributed by atoms with Gasteiger partial charge in [-0.15, -0.1) is 0 Å². The number of hydrazine groups is 1. The van der Waals surface area contributed by atoms with Gasteiger partial charge in [0.05, 0.1) is 31.3 Å². The molecule has 3 rings (SSSR count). The monoisotopic (exact) mass is 495 g/mol. The molecule has 0 radical (unpaired) electrons. The number of anilines is 1. The number of carbonyl (C=O) groups excluding carboxylic acids is 1. The summed E-state index contributed by atoms with van der Waals surface area (Å²) < 4.78 is 27.8. The van der Waals surface area contributed by atoms with Gasteiger partial charge in [-0.05, 0) is 42.5 Å². The van der Waals surface area contributed by atoms with Gasteiger partial charge in [-0.3, -0.25) is 20.4 Å². The summed E-state index contributed by atoms with van der Waals surface area (Å²) in [6, 6.07) is 16.9. The van der Waals surface area contributed by atoms with Crippen LogP contribution in [0.15, 0.2) is 78.2 Å². The first-order valence-corrected chi connectivity index (χ1v) is 11.4.